The van der Waals surface area contributed by atoms with Gasteiger partial charge in [-0.3, -0.25) is 4.79 Å². The van der Waals surface area contributed by atoms with Crippen molar-refractivity contribution in [2.45, 2.75) is 13.3 Å². The van der Waals surface area contributed by atoms with Crippen LogP contribution in [0.3, 0.4) is 0 Å². The molecule has 1 amide bonds. The number of rotatable bonds is 3. The van der Waals surface area contributed by atoms with E-state index in [0.717, 1.165) is 12.1 Å². The van der Waals surface area contributed by atoms with Crippen LogP contribution in [0.25, 0.3) is 5.69 Å². The fraction of sp³-hybridized carbons (Fsp3) is 0.167. The monoisotopic (exact) mass is 215 g/mol. The van der Waals surface area contributed by atoms with E-state index >= 15 is 0 Å². The maximum atomic E-state index is 10.9. The molecular weight excluding hydrogens is 202 g/mol. The molecule has 0 fully saturated rings. The molecule has 4 nitrogen and oxygen atoms in total. The molecule has 0 spiro atoms. The zero-order chi connectivity index (χ0) is 11.5. The van der Waals surface area contributed by atoms with Gasteiger partial charge in [0, 0.05) is 11.9 Å². The number of carbonyl (C=O) groups excluding carboxylic acids is 1. The number of aromatic nitrogens is 2. The fourth-order valence-electron chi connectivity index (χ4n) is 1.50. The first-order valence-corrected chi connectivity index (χ1v) is 5.14. The molecule has 4 heteroatoms. The first-order valence-electron chi connectivity index (χ1n) is 5.14. The van der Waals surface area contributed by atoms with Crippen molar-refractivity contribution in [3.63, 3.8) is 0 Å². The second-order valence-corrected chi connectivity index (χ2v) is 3.55. The molecule has 0 aliphatic carbocycles. The Morgan fingerprint density at radius 3 is 2.56 bits per heavy atom. The number of carbonyl (C=O) groups is 1. The van der Waals surface area contributed by atoms with E-state index in [4.69, 9.17) is 5.73 Å². The van der Waals surface area contributed by atoms with Crippen LogP contribution in [0.1, 0.15) is 23.0 Å². The minimum Gasteiger partial charge on any atom is -0.364 e. The van der Waals surface area contributed by atoms with Gasteiger partial charge in [0.1, 0.15) is 12.0 Å². The first-order chi connectivity index (χ1) is 7.70. The van der Waals surface area contributed by atoms with Crippen LogP contribution < -0.4 is 5.73 Å². The summed E-state index contributed by atoms with van der Waals surface area (Å²) in [6.07, 6.45) is 4.22. The molecule has 0 radical (unpaired) electrons. The van der Waals surface area contributed by atoms with Crippen LogP contribution in [0.4, 0.5) is 0 Å². The highest BCUT2D eigenvalue weighted by Gasteiger charge is 2.05. The maximum absolute atomic E-state index is 10.9. The van der Waals surface area contributed by atoms with Crippen LogP contribution in [0.2, 0.25) is 0 Å². The van der Waals surface area contributed by atoms with Crippen molar-refractivity contribution in [3.8, 4) is 5.69 Å². The van der Waals surface area contributed by atoms with Gasteiger partial charge in [-0.05, 0) is 24.1 Å². The van der Waals surface area contributed by atoms with Crippen LogP contribution in [0.15, 0.2) is 36.8 Å². The number of hydrogen-bond donors (Lipinski definition) is 1. The van der Waals surface area contributed by atoms with E-state index in [9.17, 15) is 4.79 Å². The highest BCUT2D eigenvalue weighted by Crippen LogP contribution is 2.10. The lowest BCUT2D eigenvalue weighted by atomic mass is 10.1. The van der Waals surface area contributed by atoms with Gasteiger partial charge in [0.05, 0.1) is 0 Å². The number of benzene rings is 1. The Morgan fingerprint density at radius 1 is 1.38 bits per heavy atom. The molecule has 2 N–H and O–H groups in total. The predicted octanol–water partition coefficient (Wildman–Crippen LogP) is 1.53. The summed E-state index contributed by atoms with van der Waals surface area (Å²) in [5.41, 5.74) is 7.66. The Balaban J connectivity index is 2.31. The van der Waals surface area contributed by atoms with E-state index in [0.29, 0.717) is 0 Å². The molecule has 0 unspecified atom stereocenters. The Kier molecular flexibility index (Phi) is 2.72. The largest absolute Gasteiger partial charge is 0.364 e. The van der Waals surface area contributed by atoms with Gasteiger partial charge in [0.25, 0.3) is 5.91 Å². The summed E-state index contributed by atoms with van der Waals surface area (Å²) < 4.78 is 1.78. The molecule has 0 atom stereocenters. The van der Waals surface area contributed by atoms with Gasteiger partial charge in [0.15, 0.2) is 0 Å². The van der Waals surface area contributed by atoms with E-state index in [2.05, 4.69) is 24.0 Å². The standard InChI is InChI=1S/C12H13N3O/c1-2-9-3-5-10(6-4-9)15-7-11(12(13)16)14-8-15/h3-8H,2H2,1H3,(H2,13,16). The summed E-state index contributed by atoms with van der Waals surface area (Å²) in [5, 5.41) is 0. The van der Waals surface area contributed by atoms with Gasteiger partial charge in [0.2, 0.25) is 0 Å². The Labute approximate surface area is 93.7 Å². The average Bonchev–Trinajstić information content (AvgIpc) is 2.78. The lowest BCUT2D eigenvalue weighted by Gasteiger charge is -2.02. The van der Waals surface area contributed by atoms with Crippen LogP contribution in [0.5, 0.6) is 0 Å². The van der Waals surface area contributed by atoms with Crippen LogP contribution in [0, 0.1) is 0 Å². The van der Waals surface area contributed by atoms with E-state index in [1.54, 1.807) is 17.1 Å². The summed E-state index contributed by atoms with van der Waals surface area (Å²) in [4.78, 5) is 14.8. The van der Waals surface area contributed by atoms with Crippen molar-refractivity contribution in [3.05, 3.63) is 48.0 Å². The zero-order valence-corrected chi connectivity index (χ0v) is 9.05. The second-order valence-electron chi connectivity index (χ2n) is 3.55. The molecule has 0 aliphatic rings. The van der Waals surface area contributed by atoms with Gasteiger partial charge in [-0.2, -0.15) is 0 Å². The smallest absolute Gasteiger partial charge is 0.268 e. The molecule has 1 heterocycles. The minimum absolute atomic E-state index is 0.277. The third-order valence-corrected chi connectivity index (χ3v) is 2.48. The lowest BCUT2D eigenvalue weighted by Crippen LogP contribution is -2.11. The number of aryl methyl sites for hydroxylation is 1. The van der Waals surface area contributed by atoms with Crippen molar-refractivity contribution in [1.29, 1.82) is 0 Å². The van der Waals surface area contributed by atoms with Gasteiger partial charge in [-0.25, -0.2) is 4.98 Å². The summed E-state index contributed by atoms with van der Waals surface area (Å²) >= 11 is 0. The number of amides is 1. The van der Waals surface area contributed by atoms with E-state index in [1.165, 1.54) is 5.56 Å². The molecule has 2 rings (SSSR count). The summed E-state index contributed by atoms with van der Waals surface area (Å²) in [5.74, 6) is -0.510. The number of nitrogens with zero attached hydrogens (tertiary/aromatic N) is 2. The van der Waals surface area contributed by atoms with Gasteiger partial charge < -0.3 is 10.3 Å². The molecule has 0 saturated carbocycles. The number of imidazole rings is 1. The third-order valence-electron chi connectivity index (χ3n) is 2.48. The van der Waals surface area contributed by atoms with Crippen LogP contribution >= 0.6 is 0 Å². The zero-order valence-electron chi connectivity index (χ0n) is 9.05. The molecule has 0 aliphatic heterocycles. The molecule has 2 aromatic rings. The highest BCUT2D eigenvalue weighted by molar-refractivity contribution is 5.90. The van der Waals surface area contributed by atoms with E-state index < -0.39 is 5.91 Å². The molecule has 82 valence electrons. The molecule has 1 aromatic heterocycles. The molecule has 16 heavy (non-hydrogen) atoms. The Bertz CT molecular complexity index is 499. The van der Waals surface area contributed by atoms with E-state index in [-0.39, 0.29) is 5.69 Å². The third kappa shape index (κ3) is 1.95. The van der Waals surface area contributed by atoms with Gasteiger partial charge in [-0.1, -0.05) is 19.1 Å². The lowest BCUT2D eigenvalue weighted by molar-refractivity contribution is 0.0996. The van der Waals surface area contributed by atoms with Crippen molar-refractivity contribution in [1.82, 2.24) is 9.55 Å². The topological polar surface area (TPSA) is 60.9 Å². The first kappa shape index (κ1) is 10.4. The van der Waals surface area contributed by atoms with Crippen molar-refractivity contribution in [2.24, 2.45) is 5.73 Å². The Morgan fingerprint density at radius 2 is 2.06 bits per heavy atom. The summed E-state index contributed by atoms with van der Waals surface area (Å²) in [6, 6.07) is 8.09. The fourth-order valence-corrected chi connectivity index (χ4v) is 1.50. The number of primary amides is 1. The van der Waals surface area contributed by atoms with Gasteiger partial charge in [-0.15, -0.1) is 0 Å². The molecule has 0 bridgehead atoms. The number of nitrogens with two attached hydrogens (primary N) is 1. The molecule has 0 saturated heterocycles. The van der Waals surface area contributed by atoms with Crippen LogP contribution in [-0.2, 0) is 6.42 Å². The molecule has 1 aromatic carbocycles. The van der Waals surface area contributed by atoms with Gasteiger partial charge >= 0.3 is 0 Å². The summed E-state index contributed by atoms with van der Waals surface area (Å²) in [7, 11) is 0. The minimum atomic E-state index is -0.510. The normalized spacial score (nSPS) is 10.3. The van der Waals surface area contributed by atoms with Crippen molar-refractivity contribution < 1.29 is 4.79 Å². The predicted molar refractivity (Wildman–Crippen MR) is 61.5 cm³/mol. The number of hydrogen-bond acceptors (Lipinski definition) is 2. The Hall–Kier alpha value is -2.10. The molecular formula is C12H13N3O. The maximum Gasteiger partial charge on any atom is 0.268 e. The SMILES string of the molecule is CCc1ccc(-n2cnc(C(N)=O)c2)cc1. The highest BCUT2D eigenvalue weighted by atomic mass is 16.1. The quantitative estimate of drug-likeness (QED) is 0.844. The van der Waals surface area contributed by atoms with Crippen LogP contribution in [-0.4, -0.2) is 15.5 Å². The van der Waals surface area contributed by atoms with Crippen molar-refractivity contribution >= 4 is 5.91 Å². The average molecular weight is 215 g/mol. The second kappa shape index (κ2) is 4.18. The van der Waals surface area contributed by atoms with E-state index in [1.807, 2.05) is 12.1 Å². The summed E-state index contributed by atoms with van der Waals surface area (Å²) in [6.45, 7) is 2.11. The van der Waals surface area contributed by atoms with Crippen molar-refractivity contribution in [2.75, 3.05) is 0 Å².